The van der Waals surface area contributed by atoms with E-state index in [1.54, 1.807) is 13.0 Å². The number of ether oxygens (including phenoxy) is 1. The molecule has 4 nitrogen and oxygen atoms in total. The molecular formula is C8H9N3O. The minimum atomic E-state index is -0.220. The highest BCUT2D eigenvalue weighted by Crippen LogP contribution is 2.14. The van der Waals surface area contributed by atoms with Gasteiger partial charge in [0.1, 0.15) is 6.33 Å². The summed E-state index contributed by atoms with van der Waals surface area (Å²) in [5.41, 5.74) is 0.685. The van der Waals surface area contributed by atoms with Crippen LogP contribution >= 0.6 is 0 Å². The zero-order chi connectivity index (χ0) is 8.97. The van der Waals surface area contributed by atoms with Crippen molar-refractivity contribution < 1.29 is 4.74 Å². The van der Waals surface area contributed by atoms with Gasteiger partial charge < -0.3 is 4.74 Å². The Morgan fingerprint density at radius 1 is 1.58 bits per heavy atom. The molecule has 0 aliphatic carbocycles. The van der Waals surface area contributed by atoms with E-state index in [0.717, 1.165) is 0 Å². The Balaban J connectivity index is 2.95. The number of rotatable bonds is 2. The van der Waals surface area contributed by atoms with E-state index < -0.39 is 0 Å². The van der Waals surface area contributed by atoms with Gasteiger partial charge in [0.2, 0.25) is 5.88 Å². The van der Waals surface area contributed by atoms with Gasteiger partial charge in [-0.2, -0.15) is 5.26 Å². The standard InChI is InChI=1S/C8H9N3O/c1-6(4-9)7-3-8(12-2)11-5-10-7/h3,5-6H,1-2H3. The lowest BCUT2D eigenvalue weighted by Gasteiger charge is -2.02. The number of nitriles is 1. The van der Waals surface area contributed by atoms with Gasteiger partial charge in [0.25, 0.3) is 0 Å². The van der Waals surface area contributed by atoms with E-state index in [-0.39, 0.29) is 5.92 Å². The fraction of sp³-hybridized carbons (Fsp3) is 0.375. The third-order valence-electron chi connectivity index (χ3n) is 1.51. The maximum absolute atomic E-state index is 8.60. The molecule has 1 atom stereocenters. The van der Waals surface area contributed by atoms with E-state index in [0.29, 0.717) is 11.6 Å². The highest BCUT2D eigenvalue weighted by atomic mass is 16.5. The first-order valence-corrected chi connectivity index (χ1v) is 3.53. The van der Waals surface area contributed by atoms with Crippen molar-refractivity contribution >= 4 is 0 Å². The van der Waals surface area contributed by atoms with Gasteiger partial charge in [-0.15, -0.1) is 0 Å². The Morgan fingerprint density at radius 3 is 2.92 bits per heavy atom. The molecule has 1 unspecified atom stereocenters. The summed E-state index contributed by atoms with van der Waals surface area (Å²) in [6.45, 7) is 1.78. The van der Waals surface area contributed by atoms with Crippen LogP contribution in [0.3, 0.4) is 0 Å². The molecule has 4 heteroatoms. The van der Waals surface area contributed by atoms with Gasteiger partial charge in [0.15, 0.2) is 0 Å². The van der Waals surface area contributed by atoms with Crippen LogP contribution in [0.5, 0.6) is 5.88 Å². The molecule has 0 aliphatic heterocycles. The zero-order valence-electron chi connectivity index (χ0n) is 6.98. The average molecular weight is 163 g/mol. The number of hydrogen-bond donors (Lipinski definition) is 0. The van der Waals surface area contributed by atoms with Crippen molar-refractivity contribution in [3.8, 4) is 11.9 Å². The molecule has 0 saturated heterocycles. The third-order valence-corrected chi connectivity index (χ3v) is 1.51. The Bertz CT molecular complexity index is 305. The number of hydrogen-bond acceptors (Lipinski definition) is 4. The van der Waals surface area contributed by atoms with Crippen LogP contribution in [0.25, 0.3) is 0 Å². The molecule has 0 N–H and O–H groups in total. The van der Waals surface area contributed by atoms with E-state index >= 15 is 0 Å². The zero-order valence-corrected chi connectivity index (χ0v) is 6.98. The van der Waals surface area contributed by atoms with Gasteiger partial charge in [-0.1, -0.05) is 0 Å². The SMILES string of the molecule is COc1cc(C(C)C#N)ncn1. The summed E-state index contributed by atoms with van der Waals surface area (Å²) in [7, 11) is 1.53. The Hall–Kier alpha value is -1.63. The van der Waals surface area contributed by atoms with Crippen molar-refractivity contribution in [2.24, 2.45) is 0 Å². The summed E-state index contributed by atoms with van der Waals surface area (Å²) in [5, 5.41) is 8.60. The number of aromatic nitrogens is 2. The molecular weight excluding hydrogens is 154 g/mol. The Morgan fingerprint density at radius 2 is 2.33 bits per heavy atom. The highest BCUT2D eigenvalue weighted by molar-refractivity contribution is 5.20. The average Bonchev–Trinajstić information content (AvgIpc) is 2.17. The smallest absolute Gasteiger partial charge is 0.216 e. The van der Waals surface area contributed by atoms with E-state index in [2.05, 4.69) is 16.0 Å². The summed E-state index contributed by atoms with van der Waals surface area (Å²) in [4.78, 5) is 7.78. The molecule has 1 rings (SSSR count). The summed E-state index contributed by atoms with van der Waals surface area (Å²) < 4.78 is 4.89. The minimum absolute atomic E-state index is 0.220. The number of methoxy groups -OCH3 is 1. The summed E-state index contributed by atoms with van der Waals surface area (Å²) in [5.74, 6) is 0.268. The lowest BCUT2D eigenvalue weighted by atomic mass is 10.1. The first-order valence-electron chi connectivity index (χ1n) is 3.53. The molecule has 62 valence electrons. The second kappa shape index (κ2) is 3.67. The lowest BCUT2D eigenvalue weighted by molar-refractivity contribution is 0.395. The monoisotopic (exact) mass is 163 g/mol. The predicted octanol–water partition coefficient (Wildman–Crippen LogP) is 1.11. The second-order valence-corrected chi connectivity index (χ2v) is 2.34. The summed E-state index contributed by atoms with van der Waals surface area (Å²) in [6, 6.07) is 3.75. The summed E-state index contributed by atoms with van der Waals surface area (Å²) in [6.07, 6.45) is 1.39. The molecule has 1 aromatic heterocycles. The van der Waals surface area contributed by atoms with Crippen molar-refractivity contribution in [1.82, 2.24) is 9.97 Å². The second-order valence-electron chi connectivity index (χ2n) is 2.34. The van der Waals surface area contributed by atoms with E-state index in [1.807, 2.05) is 0 Å². The van der Waals surface area contributed by atoms with Crippen molar-refractivity contribution in [2.75, 3.05) is 7.11 Å². The van der Waals surface area contributed by atoms with Crippen LogP contribution in [0, 0.1) is 11.3 Å². The van der Waals surface area contributed by atoms with Crippen LogP contribution in [-0.4, -0.2) is 17.1 Å². The van der Waals surface area contributed by atoms with Gasteiger partial charge >= 0.3 is 0 Å². The molecule has 1 aromatic rings. The topological polar surface area (TPSA) is 58.8 Å². The van der Waals surface area contributed by atoms with Gasteiger partial charge in [-0.05, 0) is 6.92 Å². The molecule has 0 saturated carbocycles. The molecule has 0 spiro atoms. The molecule has 1 heterocycles. The van der Waals surface area contributed by atoms with Gasteiger partial charge in [0.05, 0.1) is 24.8 Å². The molecule has 0 amide bonds. The van der Waals surface area contributed by atoms with Gasteiger partial charge in [-0.3, -0.25) is 0 Å². The van der Waals surface area contributed by atoms with Crippen molar-refractivity contribution in [2.45, 2.75) is 12.8 Å². The Labute approximate surface area is 70.8 Å². The quantitative estimate of drug-likeness (QED) is 0.655. The van der Waals surface area contributed by atoms with E-state index in [9.17, 15) is 0 Å². The lowest BCUT2D eigenvalue weighted by Crippen LogP contribution is -1.96. The summed E-state index contributed by atoms with van der Waals surface area (Å²) >= 11 is 0. The minimum Gasteiger partial charge on any atom is -0.481 e. The first-order chi connectivity index (χ1) is 5.77. The molecule has 0 aliphatic rings. The maximum atomic E-state index is 8.60. The maximum Gasteiger partial charge on any atom is 0.216 e. The van der Waals surface area contributed by atoms with Crippen LogP contribution in [0.15, 0.2) is 12.4 Å². The van der Waals surface area contributed by atoms with Gasteiger partial charge in [-0.25, -0.2) is 9.97 Å². The largest absolute Gasteiger partial charge is 0.481 e. The van der Waals surface area contributed by atoms with Crippen molar-refractivity contribution in [3.63, 3.8) is 0 Å². The fourth-order valence-electron chi connectivity index (χ4n) is 0.768. The van der Waals surface area contributed by atoms with Crippen LogP contribution < -0.4 is 4.74 Å². The molecule has 0 bridgehead atoms. The van der Waals surface area contributed by atoms with Crippen LogP contribution in [-0.2, 0) is 0 Å². The van der Waals surface area contributed by atoms with Crippen molar-refractivity contribution in [1.29, 1.82) is 5.26 Å². The highest BCUT2D eigenvalue weighted by Gasteiger charge is 2.06. The number of nitrogens with zero attached hydrogens (tertiary/aromatic N) is 3. The molecule has 0 radical (unpaired) electrons. The van der Waals surface area contributed by atoms with E-state index in [4.69, 9.17) is 10.00 Å². The first kappa shape index (κ1) is 8.47. The van der Waals surface area contributed by atoms with Crippen LogP contribution in [0.2, 0.25) is 0 Å². The fourth-order valence-corrected chi connectivity index (χ4v) is 0.768. The molecule has 0 aromatic carbocycles. The van der Waals surface area contributed by atoms with Crippen molar-refractivity contribution in [3.05, 3.63) is 18.1 Å². The predicted molar refractivity (Wildman–Crippen MR) is 42.6 cm³/mol. The van der Waals surface area contributed by atoms with E-state index in [1.165, 1.54) is 13.4 Å². The third kappa shape index (κ3) is 1.70. The normalized spacial score (nSPS) is 11.8. The molecule has 0 fully saturated rings. The van der Waals surface area contributed by atoms with Gasteiger partial charge in [0, 0.05) is 6.07 Å². The molecule has 12 heavy (non-hydrogen) atoms. The Kier molecular flexibility index (Phi) is 2.59. The van der Waals surface area contributed by atoms with Crippen LogP contribution in [0.1, 0.15) is 18.5 Å². The van der Waals surface area contributed by atoms with Crippen LogP contribution in [0.4, 0.5) is 0 Å².